The second-order valence-electron chi connectivity index (χ2n) is 3.90. The van der Waals surface area contributed by atoms with Gasteiger partial charge in [-0.3, -0.25) is 0 Å². The molecule has 3 aromatic rings. The standard InChI is InChI=1S/C15H10ClNS/c16-12-8-5-11(6-9-12)7-10-15-17-13-3-1-2-4-14(13)18-15/h1-10H. The molecule has 0 aliphatic rings. The summed E-state index contributed by atoms with van der Waals surface area (Å²) >= 11 is 7.54. The van der Waals surface area contributed by atoms with Crippen LogP contribution < -0.4 is 0 Å². The minimum absolute atomic E-state index is 0.757. The van der Waals surface area contributed by atoms with Crippen LogP contribution in [0.2, 0.25) is 5.02 Å². The summed E-state index contributed by atoms with van der Waals surface area (Å²) in [6.07, 6.45) is 4.09. The van der Waals surface area contributed by atoms with Gasteiger partial charge in [0.2, 0.25) is 0 Å². The van der Waals surface area contributed by atoms with Crippen LogP contribution in [0.3, 0.4) is 0 Å². The molecule has 2 aromatic carbocycles. The van der Waals surface area contributed by atoms with Crippen LogP contribution in [-0.2, 0) is 0 Å². The summed E-state index contributed by atoms with van der Waals surface area (Å²) in [6, 6.07) is 15.9. The molecular weight excluding hydrogens is 262 g/mol. The zero-order chi connectivity index (χ0) is 12.4. The third-order valence-corrected chi connectivity index (χ3v) is 3.85. The fraction of sp³-hybridized carbons (Fsp3) is 0. The Kier molecular flexibility index (Phi) is 3.13. The van der Waals surface area contributed by atoms with Crippen molar-refractivity contribution in [1.29, 1.82) is 0 Å². The molecule has 3 heteroatoms. The molecule has 18 heavy (non-hydrogen) atoms. The molecule has 3 rings (SSSR count). The number of fused-ring (bicyclic) bond motifs is 1. The van der Waals surface area contributed by atoms with Gasteiger partial charge in [-0.2, -0.15) is 0 Å². The molecule has 1 nitrogen and oxygen atoms in total. The van der Waals surface area contributed by atoms with Crippen LogP contribution in [0.15, 0.2) is 48.5 Å². The molecule has 1 aromatic heterocycles. The van der Waals surface area contributed by atoms with E-state index in [2.05, 4.69) is 11.1 Å². The minimum atomic E-state index is 0.757. The summed E-state index contributed by atoms with van der Waals surface area (Å²) in [4.78, 5) is 4.55. The Hall–Kier alpha value is -1.64. The quantitative estimate of drug-likeness (QED) is 0.630. The number of nitrogens with zero attached hydrogens (tertiary/aromatic N) is 1. The number of hydrogen-bond acceptors (Lipinski definition) is 2. The van der Waals surface area contributed by atoms with E-state index in [0.29, 0.717) is 0 Å². The van der Waals surface area contributed by atoms with Gasteiger partial charge in [0.25, 0.3) is 0 Å². The van der Waals surface area contributed by atoms with E-state index < -0.39 is 0 Å². The van der Waals surface area contributed by atoms with E-state index in [1.165, 1.54) is 4.70 Å². The third kappa shape index (κ3) is 2.45. The van der Waals surface area contributed by atoms with E-state index in [-0.39, 0.29) is 0 Å². The molecule has 0 aliphatic carbocycles. The van der Waals surface area contributed by atoms with Crippen molar-refractivity contribution in [2.45, 2.75) is 0 Å². The number of para-hydroxylation sites is 1. The highest BCUT2D eigenvalue weighted by Crippen LogP contribution is 2.23. The Labute approximate surface area is 114 Å². The van der Waals surface area contributed by atoms with Crippen LogP contribution in [0.5, 0.6) is 0 Å². The van der Waals surface area contributed by atoms with Crippen molar-refractivity contribution in [3.8, 4) is 0 Å². The molecule has 0 unspecified atom stereocenters. The third-order valence-electron chi connectivity index (χ3n) is 2.60. The molecule has 0 saturated heterocycles. The van der Waals surface area contributed by atoms with Gasteiger partial charge in [0.05, 0.1) is 10.2 Å². The predicted octanol–water partition coefficient (Wildman–Crippen LogP) is 5.12. The molecule has 0 fully saturated rings. The first-order chi connectivity index (χ1) is 8.81. The van der Waals surface area contributed by atoms with Crippen molar-refractivity contribution in [3.63, 3.8) is 0 Å². The fourth-order valence-corrected chi connectivity index (χ4v) is 2.70. The van der Waals surface area contributed by atoms with Crippen LogP contribution in [0.25, 0.3) is 22.4 Å². The van der Waals surface area contributed by atoms with Crippen molar-refractivity contribution in [2.75, 3.05) is 0 Å². The van der Waals surface area contributed by atoms with E-state index in [4.69, 9.17) is 11.6 Å². The summed E-state index contributed by atoms with van der Waals surface area (Å²) < 4.78 is 1.22. The molecular formula is C15H10ClNS. The van der Waals surface area contributed by atoms with Crippen LogP contribution >= 0.6 is 22.9 Å². The monoisotopic (exact) mass is 271 g/mol. The smallest absolute Gasteiger partial charge is 0.117 e. The first kappa shape index (κ1) is 11.5. The first-order valence-electron chi connectivity index (χ1n) is 5.60. The number of aromatic nitrogens is 1. The maximum absolute atomic E-state index is 5.85. The van der Waals surface area contributed by atoms with Gasteiger partial charge < -0.3 is 0 Å². The maximum atomic E-state index is 5.85. The van der Waals surface area contributed by atoms with Gasteiger partial charge in [-0.1, -0.05) is 41.9 Å². The Morgan fingerprint density at radius 1 is 0.944 bits per heavy atom. The van der Waals surface area contributed by atoms with E-state index in [1.807, 2.05) is 54.6 Å². The van der Waals surface area contributed by atoms with Crippen LogP contribution in [0, 0.1) is 0 Å². The molecule has 0 saturated carbocycles. The van der Waals surface area contributed by atoms with E-state index in [1.54, 1.807) is 11.3 Å². The van der Waals surface area contributed by atoms with Gasteiger partial charge in [-0.15, -0.1) is 11.3 Å². The van der Waals surface area contributed by atoms with Crippen LogP contribution in [-0.4, -0.2) is 4.98 Å². The molecule has 1 heterocycles. The van der Waals surface area contributed by atoms with Crippen molar-refractivity contribution in [2.24, 2.45) is 0 Å². The second kappa shape index (κ2) is 4.92. The van der Waals surface area contributed by atoms with Gasteiger partial charge in [0.15, 0.2) is 0 Å². The average Bonchev–Trinajstić information content (AvgIpc) is 2.81. The summed E-state index contributed by atoms with van der Waals surface area (Å²) in [5, 5.41) is 1.78. The number of halogens is 1. The van der Waals surface area contributed by atoms with Gasteiger partial charge >= 0.3 is 0 Å². The number of rotatable bonds is 2. The van der Waals surface area contributed by atoms with Crippen LogP contribution in [0.4, 0.5) is 0 Å². The Morgan fingerprint density at radius 3 is 2.50 bits per heavy atom. The molecule has 0 N–H and O–H groups in total. The normalized spacial score (nSPS) is 11.4. The number of hydrogen-bond donors (Lipinski definition) is 0. The summed E-state index contributed by atoms with van der Waals surface area (Å²) in [7, 11) is 0. The highest BCUT2D eigenvalue weighted by molar-refractivity contribution is 7.19. The highest BCUT2D eigenvalue weighted by atomic mass is 35.5. The average molecular weight is 272 g/mol. The Balaban J connectivity index is 1.89. The maximum Gasteiger partial charge on any atom is 0.117 e. The molecule has 0 bridgehead atoms. The summed E-state index contributed by atoms with van der Waals surface area (Å²) in [5.74, 6) is 0. The zero-order valence-electron chi connectivity index (χ0n) is 9.51. The van der Waals surface area contributed by atoms with Gasteiger partial charge in [-0.25, -0.2) is 4.98 Å². The lowest BCUT2D eigenvalue weighted by molar-refractivity contribution is 1.46. The highest BCUT2D eigenvalue weighted by Gasteiger charge is 1.99. The van der Waals surface area contributed by atoms with Crippen molar-refractivity contribution in [1.82, 2.24) is 4.98 Å². The molecule has 0 amide bonds. The number of thiazole rings is 1. The largest absolute Gasteiger partial charge is 0.237 e. The molecule has 0 spiro atoms. The Bertz CT molecular complexity index is 665. The van der Waals surface area contributed by atoms with Gasteiger partial charge in [-0.05, 0) is 35.9 Å². The van der Waals surface area contributed by atoms with Crippen molar-refractivity contribution >= 4 is 45.3 Å². The molecule has 0 atom stereocenters. The molecule has 0 radical (unpaired) electrons. The van der Waals surface area contributed by atoms with Gasteiger partial charge in [0, 0.05) is 5.02 Å². The molecule has 88 valence electrons. The van der Waals surface area contributed by atoms with Gasteiger partial charge in [0.1, 0.15) is 5.01 Å². The van der Waals surface area contributed by atoms with Crippen molar-refractivity contribution < 1.29 is 0 Å². The topological polar surface area (TPSA) is 12.9 Å². The molecule has 0 aliphatic heterocycles. The predicted molar refractivity (Wildman–Crippen MR) is 80.0 cm³/mol. The lowest BCUT2D eigenvalue weighted by atomic mass is 10.2. The summed E-state index contributed by atoms with van der Waals surface area (Å²) in [6.45, 7) is 0. The lowest BCUT2D eigenvalue weighted by Gasteiger charge is -1.92. The van der Waals surface area contributed by atoms with E-state index >= 15 is 0 Å². The number of benzene rings is 2. The van der Waals surface area contributed by atoms with Crippen LogP contribution in [0.1, 0.15) is 10.6 Å². The van der Waals surface area contributed by atoms with E-state index in [9.17, 15) is 0 Å². The lowest BCUT2D eigenvalue weighted by Crippen LogP contribution is -1.71. The Morgan fingerprint density at radius 2 is 1.72 bits per heavy atom. The van der Waals surface area contributed by atoms with Crippen molar-refractivity contribution in [3.05, 3.63) is 64.1 Å². The fourth-order valence-electron chi connectivity index (χ4n) is 1.70. The second-order valence-corrected chi connectivity index (χ2v) is 5.40. The van der Waals surface area contributed by atoms with E-state index in [0.717, 1.165) is 21.1 Å². The summed E-state index contributed by atoms with van der Waals surface area (Å²) in [5.41, 5.74) is 2.18. The first-order valence-corrected chi connectivity index (χ1v) is 6.80. The zero-order valence-corrected chi connectivity index (χ0v) is 11.1. The minimum Gasteiger partial charge on any atom is -0.237 e. The SMILES string of the molecule is Clc1ccc(C=Cc2nc3ccccc3s2)cc1.